The third kappa shape index (κ3) is 5.45. The van der Waals surface area contributed by atoms with Crippen LogP contribution in [0.25, 0.3) is 5.69 Å². The van der Waals surface area contributed by atoms with Crippen LogP contribution in [0.2, 0.25) is 0 Å². The Morgan fingerprint density at radius 2 is 1.67 bits per heavy atom. The van der Waals surface area contributed by atoms with Crippen LogP contribution in [0, 0.1) is 11.7 Å². The first-order valence-electron chi connectivity index (χ1n) is 12.1. The highest BCUT2D eigenvalue weighted by molar-refractivity contribution is 5.94. The Labute approximate surface area is 208 Å². The van der Waals surface area contributed by atoms with E-state index < -0.39 is 24.3 Å². The SMILES string of the molecule is O=C(COC(=O)C1CCN(C(=O)c2ccc(F)cc2)CC1)Nc1cc(C2CC2)nn1-c1ccccc1. The topological polar surface area (TPSA) is 93.5 Å². The van der Waals surface area contributed by atoms with Crippen LogP contribution in [0.4, 0.5) is 10.2 Å². The Bertz CT molecular complexity index is 1250. The summed E-state index contributed by atoms with van der Waals surface area (Å²) in [5, 5.41) is 7.47. The maximum Gasteiger partial charge on any atom is 0.309 e. The van der Waals surface area contributed by atoms with Gasteiger partial charge in [-0.2, -0.15) is 5.10 Å². The molecule has 0 spiro atoms. The van der Waals surface area contributed by atoms with Crippen molar-refractivity contribution in [3.8, 4) is 5.69 Å². The summed E-state index contributed by atoms with van der Waals surface area (Å²) in [5.41, 5.74) is 2.18. The molecule has 1 saturated carbocycles. The van der Waals surface area contributed by atoms with Gasteiger partial charge in [0.05, 0.1) is 17.3 Å². The largest absolute Gasteiger partial charge is 0.455 e. The van der Waals surface area contributed by atoms with Gasteiger partial charge in [-0.3, -0.25) is 14.4 Å². The molecular weight excluding hydrogens is 463 g/mol. The smallest absolute Gasteiger partial charge is 0.309 e. The van der Waals surface area contributed by atoms with Gasteiger partial charge in [-0.05, 0) is 62.1 Å². The second kappa shape index (κ2) is 10.3. The number of piperidine rings is 1. The van der Waals surface area contributed by atoms with Crippen molar-refractivity contribution in [3.05, 3.63) is 77.7 Å². The average molecular weight is 491 g/mol. The monoisotopic (exact) mass is 490 g/mol. The summed E-state index contributed by atoms with van der Waals surface area (Å²) < 4.78 is 20.1. The molecule has 0 radical (unpaired) electrons. The van der Waals surface area contributed by atoms with E-state index in [9.17, 15) is 18.8 Å². The Kier molecular flexibility index (Phi) is 6.79. The molecule has 2 aromatic carbocycles. The molecule has 0 atom stereocenters. The molecule has 1 saturated heterocycles. The maximum absolute atomic E-state index is 13.1. The van der Waals surface area contributed by atoms with Crippen molar-refractivity contribution in [1.29, 1.82) is 0 Å². The van der Waals surface area contributed by atoms with E-state index in [4.69, 9.17) is 4.74 Å². The van der Waals surface area contributed by atoms with Crippen molar-refractivity contribution >= 4 is 23.6 Å². The molecule has 1 aliphatic heterocycles. The number of halogens is 1. The van der Waals surface area contributed by atoms with Crippen LogP contribution in [-0.4, -0.2) is 52.2 Å². The molecule has 3 aromatic rings. The molecular formula is C27H27FN4O4. The second-order valence-corrected chi connectivity index (χ2v) is 9.21. The summed E-state index contributed by atoms with van der Waals surface area (Å²) >= 11 is 0. The first kappa shape index (κ1) is 23.7. The fourth-order valence-electron chi connectivity index (χ4n) is 4.36. The Hall–Kier alpha value is -4.01. The minimum atomic E-state index is -0.450. The van der Waals surface area contributed by atoms with Crippen LogP contribution in [0.3, 0.4) is 0 Å². The molecule has 186 valence electrons. The number of hydrogen-bond acceptors (Lipinski definition) is 5. The van der Waals surface area contributed by atoms with E-state index in [-0.39, 0.29) is 11.8 Å². The number of rotatable bonds is 7. The van der Waals surface area contributed by atoms with Gasteiger partial charge in [-0.25, -0.2) is 9.07 Å². The van der Waals surface area contributed by atoms with Gasteiger partial charge in [0, 0.05) is 30.6 Å². The first-order chi connectivity index (χ1) is 17.5. The lowest BCUT2D eigenvalue weighted by Gasteiger charge is -2.31. The number of carbonyl (C=O) groups excluding carboxylic acids is 3. The van der Waals surface area contributed by atoms with Crippen molar-refractivity contribution in [2.75, 3.05) is 25.0 Å². The highest BCUT2D eigenvalue weighted by Crippen LogP contribution is 2.40. The van der Waals surface area contributed by atoms with Crippen LogP contribution < -0.4 is 5.32 Å². The van der Waals surface area contributed by atoms with Crippen molar-refractivity contribution in [2.24, 2.45) is 5.92 Å². The number of amides is 2. The van der Waals surface area contributed by atoms with E-state index in [1.165, 1.54) is 24.3 Å². The number of benzene rings is 2. The van der Waals surface area contributed by atoms with Crippen LogP contribution in [0.5, 0.6) is 0 Å². The van der Waals surface area contributed by atoms with E-state index >= 15 is 0 Å². The van der Waals surface area contributed by atoms with Crippen molar-refractivity contribution in [3.63, 3.8) is 0 Å². The molecule has 0 unspecified atom stereocenters. The molecule has 1 aliphatic carbocycles. The highest BCUT2D eigenvalue weighted by atomic mass is 19.1. The number of carbonyl (C=O) groups is 3. The van der Waals surface area contributed by atoms with Gasteiger partial charge in [0.1, 0.15) is 11.6 Å². The van der Waals surface area contributed by atoms with E-state index in [1.807, 2.05) is 36.4 Å². The highest BCUT2D eigenvalue weighted by Gasteiger charge is 2.30. The zero-order valence-corrected chi connectivity index (χ0v) is 19.7. The van der Waals surface area contributed by atoms with E-state index in [0.717, 1.165) is 24.2 Å². The molecule has 2 fully saturated rings. The lowest BCUT2D eigenvalue weighted by Crippen LogP contribution is -2.41. The third-order valence-electron chi connectivity index (χ3n) is 6.54. The maximum atomic E-state index is 13.1. The number of anilines is 1. The van der Waals surface area contributed by atoms with Gasteiger partial charge in [-0.1, -0.05) is 18.2 Å². The summed E-state index contributed by atoms with van der Waals surface area (Å²) in [7, 11) is 0. The van der Waals surface area contributed by atoms with E-state index in [1.54, 1.807) is 9.58 Å². The zero-order valence-electron chi connectivity index (χ0n) is 19.7. The van der Waals surface area contributed by atoms with Gasteiger partial charge in [-0.15, -0.1) is 0 Å². The third-order valence-corrected chi connectivity index (χ3v) is 6.54. The molecule has 1 aromatic heterocycles. The molecule has 2 heterocycles. The number of aromatic nitrogens is 2. The molecule has 9 heteroatoms. The number of esters is 1. The molecule has 0 bridgehead atoms. The molecule has 1 N–H and O–H groups in total. The first-order valence-corrected chi connectivity index (χ1v) is 12.1. The molecule has 8 nitrogen and oxygen atoms in total. The molecule has 36 heavy (non-hydrogen) atoms. The van der Waals surface area contributed by atoms with E-state index in [2.05, 4.69) is 10.4 Å². The average Bonchev–Trinajstić information content (AvgIpc) is 3.68. The standard InChI is InChI=1S/C27H27FN4O4/c28-21-10-8-19(9-11-21)26(34)31-14-12-20(13-15-31)27(35)36-17-25(33)29-24-16-23(18-6-7-18)30-32(24)22-4-2-1-3-5-22/h1-5,8-11,16,18,20H,6-7,12-15,17H2,(H,29,33). The normalized spacial score (nSPS) is 16.0. The van der Waals surface area contributed by atoms with Crippen molar-refractivity contribution in [2.45, 2.75) is 31.6 Å². The van der Waals surface area contributed by atoms with Crippen LogP contribution in [0.1, 0.15) is 47.7 Å². The number of likely N-dealkylation sites (tertiary alicyclic amines) is 1. The summed E-state index contributed by atoms with van der Waals surface area (Å²) in [6.07, 6.45) is 3.06. The molecule has 2 amide bonds. The fourth-order valence-corrected chi connectivity index (χ4v) is 4.36. The van der Waals surface area contributed by atoms with Crippen molar-refractivity contribution < 1.29 is 23.5 Å². The van der Waals surface area contributed by atoms with Gasteiger partial charge < -0.3 is 15.0 Å². The lowest BCUT2D eigenvalue weighted by atomic mass is 9.96. The van der Waals surface area contributed by atoms with Gasteiger partial charge in [0.2, 0.25) is 0 Å². The Balaban J connectivity index is 1.13. The molecule has 5 rings (SSSR count). The Morgan fingerprint density at radius 3 is 2.33 bits per heavy atom. The summed E-state index contributed by atoms with van der Waals surface area (Å²) in [6, 6.07) is 16.8. The Morgan fingerprint density at radius 1 is 0.972 bits per heavy atom. The van der Waals surface area contributed by atoms with Gasteiger partial charge in [0.15, 0.2) is 6.61 Å². The number of para-hydroxylation sites is 1. The van der Waals surface area contributed by atoms with E-state index in [0.29, 0.717) is 43.2 Å². The predicted molar refractivity (Wildman–Crippen MR) is 130 cm³/mol. The minimum absolute atomic E-state index is 0.193. The summed E-state index contributed by atoms with van der Waals surface area (Å²) in [6.45, 7) is 0.386. The summed E-state index contributed by atoms with van der Waals surface area (Å²) in [5.74, 6) is -0.903. The zero-order chi connectivity index (χ0) is 25.1. The van der Waals surface area contributed by atoms with Crippen LogP contribution >= 0.6 is 0 Å². The predicted octanol–water partition coefficient (Wildman–Crippen LogP) is 3.92. The summed E-state index contributed by atoms with van der Waals surface area (Å²) in [4.78, 5) is 39.4. The van der Waals surface area contributed by atoms with Crippen LogP contribution in [-0.2, 0) is 14.3 Å². The quantitative estimate of drug-likeness (QED) is 0.507. The second-order valence-electron chi connectivity index (χ2n) is 9.21. The van der Waals surface area contributed by atoms with Gasteiger partial charge >= 0.3 is 5.97 Å². The van der Waals surface area contributed by atoms with Gasteiger partial charge in [0.25, 0.3) is 11.8 Å². The number of hydrogen-bond donors (Lipinski definition) is 1. The lowest BCUT2D eigenvalue weighted by molar-refractivity contribution is -0.152. The fraction of sp³-hybridized carbons (Fsp3) is 0.333. The van der Waals surface area contributed by atoms with Crippen molar-refractivity contribution in [1.82, 2.24) is 14.7 Å². The number of nitrogens with one attached hydrogen (secondary N) is 1. The number of ether oxygens (including phenoxy) is 1. The van der Waals surface area contributed by atoms with Crippen LogP contribution in [0.15, 0.2) is 60.7 Å². The minimum Gasteiger partial charge on any atom is -0.455 e. The number of nitrogens with zero attached hydrogens (tertiary/aromatic N) is 3. The molecule has 2 aliphatic rings.